The van der Waals surface area contributed by atoms with E-state index in [4.69, 9.17) is 4.42 Å². The summed E-state index contributed by atoms with van der Waals surface area (Å²) in [5, 5.41) is 10.2. The fraction of sp³-hybridized carbons (Fsp3) is 0.312. The Bertz CT molecular complexity index is 865. The second-order valence-corrected chi connectivity index (χ2v) is 7.56. The second kappa shape index (κ2) is 6.52. The first-order chi connectivity index (χ1) is 11.7. The third-order valence-electron chi connectivity index (χ3n) is 3.73. The lowest BCUT2D eigenvalue weighted by Gasteiger charge is -2.01. The summed E-state index contributed by atoms with van der Waals surface area (Å²) in [6.45, 7) is 0.903. The highest BCUT2D eigenvalue weighted by molar-refractivity contribution is 9.10. The number of halogens is 1. The fourth-order valence-electron chi connectivity index (χ4n) is 2.35. The first-order valence-corrected chi connectivity index (χ1v) is 9.34. The molecular weight excluding hydrogens is 392 g/mol. The van der Waals surface area contributed by atoms with Gasteiger partial charge >= 0.3 is 0 Å². The molecule has 3 aromatic rings. The minimum Gasteiger partial charge on any atom is -0.454 e. The highest BCUT2D eigenvalue weighted by Crippen LogP contribution is 2.41. The number of nitrogens with zero attached hydrogens (tertiary/aromatic N) is 3. The Balaban J connectivity index is 1.34. The van der Waals surface area contributed by atoms with E-state index in [9.17, 15) is 4.79 Å². The Morgan fingerprint density at radius 3 is 3.08 bits per heavy atom. The largest absolute Gasteiger partial charge is 0.454 e. The summed E-state index contributed by atoms with van der Waals surface area (Å²) in [6, 6.07) is 3.47. The van der Waals surface area contributed by atoms with Crippen LogP contribution in [0.15, 0.2) is 38.8 Å². The van der Waals surface area contributed by atoms with E-state index in [0.717, 1.165) is 10.2 Å². The van der Waals surface area contributed by atoms with E-state index in [1.807, 2.05) is 11.6 Å². The van der Waals surface area contributed by atoms with Gasteiger partial charge in [-0.15, -0.1) is 11.3 Å². The molecule has 1 fully saturated rings. The van der Waals surface area contributed by atoms with Crippen LogP contribution in [0.25, 0.3) is 0 Å². The number of carbonyl (C=O) groups is 1. The molecule has 1 aliphatic carbocycles. The standard InChI is InChI=1S/C16H15BrN4O2S/c17-11-5-19-21(7-11)8-13-3-4-14(23-13)15(22)18-6-12-9-24-16(20-12)10-1-2-10/h3-5,7,9-10H,1-2,6,8H2,(H,18,22). The van der Waals surface area contributed by atoms with Crippen molar-refractivity contribution in [2.24, 2.45) is 0 Å². The van der Waals surface area contributed by atoms with Gasteiger partial charge in [-0.05, 0) is 40.9 Å². The molecule has 24 heavy (non-hydrogen) atoms. The van der Waals surface area contributed by atoms with E-state index in [1.54, 1.807) is 34.3 Å². The Hall–Kier alpha value is -1.93. The van der Waals surface area contributed by atoms with Gasteiger partial charge in [0.25, 0.3) is 5.91 Å². The van der Waals surface area contributed by atoms with E-state index < -0.39 is 0 Å². The maximum atomic E-state index is 12.2. The summed E-state index contributed by atoms with van der Waals surface area (Å²) in [5.41, 5.74) is 0.906. The molecule has 1 N–H and O–H groups in total. The molecule has 0 bridgehead atoms. The van der Waals surface area contributed by atoms with Gasteiger partial charge < -0.3 is 9.73 Å². The number of aromatic nitrogens is 3. The van der Waals surface area contributed by atoms with Gasteiger partial charge in [-0.2, -0.15) is 5.10 Å². The highest BCUT2D eigenvalue weighted by atomic mass is 79.9. The van der Waals surface area contributed by atoms with E-state index in [-0.39, 0.29) is 5.91 Å². The monoisotopic (exact) mass is 406 g/mol. The zero-order chi connectivity index (χ0) is 16.5. The van der Waals surface area contributed by atoms with Crippen LogP contribution in [-0.2, 0) is 13.1 Å². The third-order valence-corrected chi connectivity index (χ3v) is 5.20. The van der Waals surface area contributed by atoms with Crippen LogP contribution in [0, 0.1) is 0 Å². The van der Waals surface area contributed by atoms with E-state index in [2.05, 4.69) is 31.3 Å². The number of carbonyl (C=O) groups excluding carboxylic acids is 1. The molecule has 0 aliphatic heterocycles. The zero-order valence-corrected chi connectivity index (χ0v) is 15.1. The van der Waals surface area contributed by atoms with Crippen LogP contribution in [0.5, 0.6) is 0 Å². The first-order valence-electron chi connectivity index (χ1n) is 7.66. The van der Waals surface area contributed by atoms with Crippen molar-refractivity contribution in [2.75, 3.05) is 0 Å². The molecule has 0 unspecified atom stereocenters. The van der Waals surface area contributed by atoms with Crippen molar-refractivity contribution < 1.29 is 9.21 Å². The summed E-state index contributed by atoms with van der Waals surface area (Å²) in [4.78, 5) is 16.7. The van der Waals surface area contributed by atoms with Crippen molar-refractivity contribution in [1.29, 1.82) is 0 Å². The molecule has 4 rings (SSSR count). The molecule has 0 atom stereocenters. The van der Waals surface area contributed by atoms with Crippen LogP contribution in [-0.4, -0.2) is 20.7 Å². The van der Waals surface area contributed by atoms with Gasteiger partial charge in [0.2, 0.25) is 0 Å². The van der Waals surface area contributed by atoms with Crippen LogP contribution >= 0.6 is 27.3 Å². The maximum Gasteiger partial charge on any atom is 0.287 e. The predicted molar refractivity (Wildman–Crippen MR) is 93.0 cm³/mol. The Morgan fingerprint density at radius 2 is 2.33 bits per heavy atom. The number of amides is 1. The number of rotatable bonds is 6. The van der Waals surface area contributed by atoms with Crippen molar-refractivity contribution >= 4 is 33.2 Å². The molecule has 0 saturated heterocycles. The van der Waals surface area contributed by atoms with E-state index in [0.29, 0.717) is 30.5 Å². The van der Waals surface area contributed by atoms with Crippen molar-refractivity contribution in [3.05, 3.63) is 56.6 Å². The molecule has 8 heteroatoms. The molecule has 0 aromatic carbocycles. The quantitative estimate of drug-likeness (QED) is 0.679. The SMILES string of the molecule is O=C(NCc1csc(C2CC2)n1)c1ccc(Cn2cc(Br)cn2)o1. The third kappa shape index (κ3) is 3.59. The molecular formula is C16H15BrN4O2S. The molecule has 6 nitrogen and oxygen atoms in total. The second-order valence-electron chi connectivity index (χ2n) is 5.76. The molecule has 1 amide bonds. The van der Waals surface area contributed by atoms with Crippen molar-refractivity contribution in [2.45, 2.75) is 31.8 Å². The Labute approximate surface area is 151 Å². The number of hydrogen-bond acceptors (Lipinski definition) is 5. The summed E-state index contributed by atoms with van der Waals surface area (Å²) >= 11 is 5.02. The normalized spacial score (nSPS) is 14.0. The van der Waals surface area contributed by atoms with Crippen molar-refractivity contribution in [3.8, 4) is 0 Å². The van der Waals surface area contributed by atoms with Crippen LogP contribution in [0.2, 0.25) is 0 Å². The molecule has 1 aliphatic rings. The van der Waals surface area contributed by atoms with Gasteiger partial charge in [-0.1, -0.05) is 0 Å². The molecule has 3 aromatic heterocycles. The summed E-state index contributed by atoms with van der Waals surface area (Å²) in [6.07, 6.45) is 6.03. The fourth-order valence-corrected chi connectivity index (χ4v) is 3.67. The smallest absolute Gasteiger partial charge is 0.287 e. The van der Waals surface area contributed by atoms with Gasteiger partial charge in [0.05, 0.1) is 34.5 Å². The number of hydrogen-bond donors (Lipinski definition) is 1. The predicted octanol–water partition coefficient (Wildman–Crippen LogP) is 3.55. The van der Waals surface area contributed by atoms with Gasteiger partial charge in [-0.25, -0.2) is 4.98 Å². The van der Waals surface area contributed by atoms with Gasteiger partial charge in [0.15, 0.2) is 5.76 Å². The molecule has 0 radical (unpaired) electrons. The lowest BCUT2D eigenvalue weighted by Crippen LogP contribution is -2.22. The highest BCUT2D eigenvalue weighted by Gasteiger charge is 2.26. The van der Waals surface area contributed by atoms with E-state index >= 15 is 0 Å². The Kier molecular flexibility index (Phi) is 4.24. The number of nitrogens with one attached hydrogen (secondary N) is 1. The molecule has 1 saturated carbocycles. The van der Waals surface area contributed by atoms with Crippen LogP contribution in [0.4, 0.5) is 0 Å². The summed E-state index contributed by atoms with van der Waals surface area (Å²) in [5.74, 6) is 1.40. The minimum absolute atomic E-state index is 0.233. The molecule has 3 heterocycles. The van der Waals surface area contributed by atoms with E-state index in [1.165, 1.54) is 17.8 Å². The maximum absolute atomic E-state index is 12.2. The summed E-state index contributed by atoms with van der Waals surface area (Å²) in [7, 11) is 0. The molecule has 0 spiro atoms. The van der Waals surface area contributed by atoms with Crippen molar-refractivity contribution in [1.82, 2.24) is 20.1 Å². The molecule has 124 valence electrons. The first kappa shape index (κ1) is 15.6. The van der Waals surface area contributed by atoms with Gasteiger partial charge in [-0.3, -0.25) is 9.48 Å². The van der Waals surface area contributed by atoms with Gasteiger partial charge in [0, 0.05) is 17.5 Å². The number of thiazole rings is 1. The average Bonchev–Trinajstić information content (AvgIpc) is 2.98. The Morgan fingerprint density at radius 1 is 1.46 bits per heavy atom. The van der Waals surface area contributed by atoms with Crippen LogP contribution in [0.1, 0.15) is 45.8 Å². The van der Waals surface area contributed by atoms with Crippen LogP contribution in [0.3, 0.4) is 0 Å². The van der Waals surface area contributed by atoms with Gasteiger partial charge in [0.1, 0.15) is 5.76 Å². The lowest BCUT2D eigenvalue weighted by atomic mass is 10.4. The topological polar surface area (TPSA) is 73.0 Å². The van der Waals surface area contributed by atoms with Crippen LogP contribution < -0.4 is 5.32 Å². The van der Waals surface area contributed by atoms with Crippen molar-refractivity contribution in [3.63, 3.8) is 0 Å². The average molecular weight is 407 g/mol. The lowest BCUT2D eigenvalue weighted by molar-refractivity contribution is 0.0920. The minimum atomic E-state index is -0.233. The summed E-state index contributed by atoms with van der Waals surface area (Å²) < 4.78 is 8.23. The number of furan rings is 1. The zero-order valence-electron chi connectivity index (χ0n) is 12.7.